The molecule has 15 heavy (non-hydrogen) atoms. The number of hydrogen-bond donors (Lipinski definition) is 1. The standard InChI is InChI=1S/C9H17N3O2S/c1-4-11-15(13,14)7-9-10-5-6-12(9)8(2)3/h5-6,8,11H,4,7H2,1-3H3. The summed E-state index contributed by atoms with van der Waals surface area (Å²) in [6, 6.07) is 0.222. The number of hydrogen-bond acceptors (Lipinski definition) is 3. The van der Waals surface area contributed by atoms with Crippen LogP contribution in [0.5, 0.6) is 0 Å². The zero-order valence-corrected chi connectivity index (χ0v) is 10.1. The lowest BCUT2D eigenvalue weighted by Crippen LogP contribution is -2.26. The Bertz CT molecular complexity index is 409. The number of sulfonamides is 1. The molecule has 6 heteroatoms. The number of nitrogens with zero attached hydrogens (tertiary/aromatic N) is 2. The average Bonchev–Trinajstić information content (AvgIpc) is 2.50. The van der Waals surface area contributed by atoms with E-state index in [1.54, 1.807) is 19.3 Å². The molecule has 86 valence electrons. The Kier molecular flexibility index (Phi) is 3.87. The molecule has 0 saturated heterocycles. The topological polar surface area (TPSA) is 64.0 Å². The lowest BCUT2D eigenvalue weighted by atomic mass is 10.4. The van der Waals surface area contributed by atoms with Gasteiger partial charge in [0.25, 0.3) is 0 Å². The molecule has 0 bridgehead atoms. The van der Waals surface area contributed by atoms with Crippen LogP contribution in [0.15, 0.2) is 12.4 Å². The first-order valence-corrected chi connectivity index (χ1v) is 6.60. The molecule has 1 N–H and O–H groups in total. The van der Waals surface area contributed by atoms with E-state index >= 15 is 0 Å². The maximum Gasteiger partial charge on any atom is 0.218 e. The van der Waals surface area contributed by atoms with Crippen molar-refractivity contribution in [3.05, 3.63) is 18.2 Å². The molecule has 1 rings (SSSR count). The fourth-order valence-electron chi connectivity index (χ4n) is 1.37. The normalized spacial score (nSPS) is 12.3. The highest BCUT2D eigenvalue weighted by Gasteiger charge is 2.15. The lowest BCUT2D eigenvalue weighted by molar-refractivity contribution is 0.560. The summed E-state index contributed by atoms with van der Waals surface area (Å²) < 4.78 is 27.3. The van der Waals surface area contributed by atoms with Crippen molar-refractivity contribution in [3.8, 4) is 0 Å². The summed E-state index contributed by atoms with van der Waals surface area (Å²) in [4.78, 5) is 4.05. The van der Waals surface area contributed by atoms with Gasteiger partial charge in [-0.25, -0.2) is 18.1 Å². The van der Waals surface area contributed by atoms with Crippen LogP contribution in [0.4, 0.5) is 0 Å². The molecular formula is C9H17N3O2S. The third-order valence-electron chi connectivity index (χ3n) is 1.99. The summed E-state index contributed by atoms with van der Waals surface area (Å²) in [5, 5.41) is 0. The highest BCUT2D eigenvalue weighted by Crippen LogP contribution is 2.10. The first kappa shape index (κ1) is 12.2. The highest BCUT2D eigenvalue weighted by molar-refractivity contribution is 7.88. The van der Waals surface area contributed by atoms with Crippen LogP contribution < -0.4 is 4.72 Å². The van der Waals surface area contributed by atoms with Gasteiger partial charge in [-0.1, -0.05) is 6.92 Å². The van der Waals surface area contributed by atoms with E-state index in [1.807, 2.05) is 18.4 Å². The maximum absolute atomic E-state index is 11.5. The van der Waals surface area contributed by atoms with Crippen LogP contribution in [0, 0.1) is 0 Å². The highest BCUT2D eigenvalue weighted by atomic mass is 32.2. The Morgan fingerprint density at radius 3 is 2.73 bits per heavy atom. The van der Waals surface area contributed by atoms with Crippen molar-refractivity contribution in [1.29, 1.82) is 0 Å². The Hall–Kier alpha value is -0.880. The van der Waals surface area contributed by atoms with Crippen LogP contribution in [0.3, 0.4) is 0 Å². The van der Waals surface area contributed by atoms with E-state index in [1.165, 1.54) is 0 Å². The summed E-state index contributed by atoms with van der Waals surface area (Å²) in [6.07, 6.45) is 3.41. The Balaban J connectivity index is 2.85. The molecule has 0 saturated carbocycles. The Morgan fingerprint density at radius 1 is 1.53 bits per heavy atom. The molecule has 0 aliphatic carbocycles. The fraction of sp³-hybridized carbons (Fsp3) is 0.667. The molecule has 0 amide bonds. The first-order valence-electron chi connectivity index (χ1n) is 4.95. The van der Waals surface area contributed by atoms with E-state index in [2.05, 4.69) is 9.71 Å². The second-order valence-electron chi connectivity index (χ2n) is 3.60. The maximum atomic E-state index is 11.5. The summed E-state index contributed by atoms with van der Waals surface area (Å²) in [7, 11) is -3.24. The molecule has 0 unspecified atom stereocenters. The zero-order chi connectivity index (χ0) is 11.5. The second-order valence-corrected chi connectivity index (χ2v) is 5.41. The van der Waals surface area contributed by atoms with Crippen molar-refractivity contribution < 1.29 is 8.42 Å². The van der Waals surface area contributed by atoms with E-state index in [9.17, 15) is 8.42 Å². The smallest absolute Gasteiger partial charge is 0.218 e. The third kappa shape index (κ3) is 3.32. The zero-order valence-electron chi connectivity index (χ0n) is 9.27. The van der Waals surface area contributed by atoms with Gasteiger partial charge in [0, 0.05) is 25.0 Å². The molecule has 5 nitrogen and oxygen atoms in total. The fourth-order valence-corrected chi connectivity index (χ4v) is 2.47. The van der Waals surface area contributed by atoms with Gasteiger partial charge >= 0.3 is 0 Å². The monoisotopic (exact) mass is 231 g/mol. The van der Waals surface area contributed by atoms with Crippen LogP contribution in [-0.2, 0) is 15.8 Å². The van der Waals surface area contributed by atoms with Crippen LogP contribution in [0.1, 0.15) is 32.6 Å². The van der Waals surface area contributed by atoms with Gasteiger partial charge < -0.3 is 4.57 Å². The minimum absolute atomic E-state index is 0.0635. The molecule has 0 atom stereocenters. The van der Waals surface area contributed by atoms with E-state index in [-0.39, 0.29) is 11.8 Å². The molecule has 0 fully saturated rings. The van der Waals surface area contributed by atoms with Crippen molar-refractivity contribution in [1.82, 2.24) is 14.3 Å². The summed E-state index contributed by atoms with van der Waals surface area (Å²) in [5.74, 6) is 0.511. The van der Waals surface area contributed by atoms with Gasteiger partial charge in [0.05, 0.1) is 0 Å². The van der Waals surface area contributed by atoms with Crippen molar-refractivity contribution in [2.45, 2.75) is 32.6 Å². The van der Waals surface area contributed by atoms with Gasteiger partial charge in [-0.3, -0.25) is 0 Å². The van der Waals surface area contributed by atoms with E-state index in [0.717, 1.165) is 0 Å². The second kappa shape index (κ2) is 4.76. The first-order chi connectivity index (χ1) is 6.96. The van der Waals surface area contributed by atoms with Crippen LogP contribution in [-0.4, -0.2) is 24.5 Å². The molecular weight excluding hydrogens is 214 g/mol. The van der Waals surface area contributed by atoms with Gasteiger partial charge in [0.2, 0.25) is 10.0 Å². The molecule has 0 aromatic carbocycles. The number of aromatic nitrogens is 2. The third-order valence-corrected chi connectivity index (χ3v) is 3.36. The van der Waals surface area contributed by atoms with Gasteiger partial charge in [0.1, 0.15) is 11.6 Å². The van der Waals surface area contributed by atoms with Crippen LogP contribution in [0.25, 0.3) is 0 Å². The predicted molar refractivity (Wildman–Crippen MR) is 58.9 cm³/mol. The molecule has 0 radical (unpaired) electrons. The minimum atomic E-state index is -3.24. The lowest BCUT2D eigenvalue weighted by Gasteiger charge is -2.11. The van der Waals surface area contributed by atoms with Crippen molar-refractivity contribution >= 4 is 10.0 Å². The van der Waals surface area contributed by atoms with Gasteiger partial charge in [-0.05, 0) is 13.8 Å². The molecule has 1 aromatic rings. The summed E-state index contributed by atoms with van der Waals surface area (Å²) in [6.45, 7) is 6.15. The van der Waals surface area contributed by atoms with Gasteiger partial charge in [0.15, 0.2) is 0 Å². The molecule has 0 spiro atoms. The van der Waals surface area contributed by atoms with E-state index < -0.39 is 10.0 Å². The SMILES string of the molecule is CCNS(=O)(=O)Cc1nccn1C(C)C. The average molecular weight is 231 g/mol. The Morgan fingerprint density at radius 2 is 2.20 bits per heavy atom. The molecule has 1 aromatic heterocycles. The molecule has 0 aliphatic heterocycles. The Labute approximate surface area is 90.6 Å². The van der Waals surface area contributed by atoms with Crippen molar-refractivity contribution in [2.24, 2.45) is 0 Å². The van der Waals surface area contributed by atoms with Crippen LogP contribution in [0.2, 0.25) is 0 Å². The van der Waals surface area contributed by atoms with E-state index in [4.69, 9.17) is 0 Å². The van der Waals surface area contributed by atoms with Gasteiger partial charge in [-0.15, -0.1) is 0 Å². The summed E-state index contributed by atoms with van der Waals surface area (Å²) >= 11 is 0. The van der Waals surface area contributed by atoms with Crippen molar-refractivity contribution in [3.63, 3.8) is 0 Å². The number of nitrogens with one attached hydrogen (secondary N) is 1. The molecule has 0 aliphatic rings. The summed E-state index contributed by atoms with van der Waals surface area (Å²) in [5.41, 5.74) is 0. The van der Waals surface area contributed by atoms with E-state index in [0.29, 0.717) is 12.4 Å². The number of rotatable bonds is 5. The van der Waals surface area contributed by atoms with Gasteiger partial charge in [-0.2, -0.15) is 0 Å². The van der Waals surface area contributed by atoms with Crippen molar-refractivity contribution in [2.75, 3.05) is 6.54 Å². The predicted octanol–water partition coefficient (Wildman–Crippen LogP) is 0.903. The minimum Gasteiger partial charge on any atom is -0.332 e. The van der Waals surface area contributed by atoms with Crippen LogP contribution >= 0.6 is 0 Å². The largest absolute Gasteiger partial charge is 0.332 e. The molecule has 1 heterocycles. The quantitative estimate of drug-likeness (QED) is 0.819. The number of imidazole rings is 1.